The third-order valence-electron chi connectivity index (χ3n) is 8.05. The summed E-state index contributed by atoms with van der Waals surface area (Å²) in [5.41, 5.74) is 2.20. The first-order chi connectivity index (χ1) is 19.7. The lowest BCUT2D eigenvalue weighted by molar-refractivity contribution is -0.148. The van der Waals surface area contributed by atoms with E-state index in [-0.39, 0.29) is 67.0 Å². The number of carbonyl (C=O) groups excluding carboxylic acids is 3. The van der Waals surface area contributed by atoms with Gasteiger partial charge >= 0.3 is 5.97 Å². The quantitative estimate of drug-likeness (QED) is 0.304. The summed E-state index contributed by atoms with van der Waals surface area (Å²) in [4.78, 5) is 43.8. The zero-order valence-corrected chi connectivity index (χ0v) is 23.9. The number of rotatable bonds is 8. The standard InChI is InChI=1S/C30H34ClFN4O5/c1-35-16-24(23-5-3-4-6-26(23)35)29(38)34-25-12-9-20(33-28(25)31)14-27(37)36-15-19(32)13-21(36)17-41-22-10-7-18(8-11-22)30(39)40-2/h3-6,9,12,16,18-19,21-22H,7-8,10-11,13-15,17H2,1-2H3,(H,34,38)/t18?,19-,21-,22?/m0/s1. The average molecular weight is 585 g/mol. The summed E-state index contributed by atoms with van der Waals surface area (Å²) in [6.45, 7) is 0.252. The molecule has 11 heteroatoms. The number of fused-ring (bicyclic) bond motifs is 1. The highest BCUT2D eigenvalue weighted by atomic mass is 35.5. The fraction of sp³-hybridized carbons (Fsp3) is 0.467. The number of ether oxygens (including phenoxy) is 2. The Morgan fingerprint density at radius 2 is 1.88 bits per heavy atom. The smallest absolute Gasteiger partial charge is 0.308 e. The van der Waals surface area contributed by atoms with E-state index in [0.717, 1.165) is 23.7 Å². The lowest BCUT2D eigenvalue weighted by Gasteiger charge is -2.30. The summed E-state index contributed by atoms with van der Waals surface area (Å²) in [6, 6.07) is 10.5. The number of aromatic nitrogens is 2. The second-order valence-corrected chi connectivity index (χ2v) is 11.2. The Labute approximate surface area is 242 Å². The number of pyridine rings is 1. The number of nitrogens with zero attached hydrogens (tertiary/aromatic N) is 3. The first-order valence-electron chi connectivity index (χ1n) is 13.9. The monoisotopic (exact) mass is 584 g/mol. The van der Waals surface area contributed by atoms with Gasteiger partial charge in [0.05, 0.1) is 61.7 Å². The van der Waals surface area contributed by atoms with Crippen molar-refractivity contribution in [3.63, 3.8) is 0 Å². The molecule has 2 fully saturated rings. The molecule has 2 aromatic heterocycles. The molecule has 2 atom stereocenters. The molecule has 5 rings (SSSR count). The second kappa shape index (κ2) is 12.6. The number of carbonyl (C=O) groups is 3. The topological polar surface area (TPSA) is 103 Å². The van der Waals surface area contributed by atoms with E-state index in [1.54, 1.807) is 18.3 Å². The molecular formula is C30H34ClFN4O5. The van der Waals surface area contributed by atoms with Crippen molar-refractivity contribution < 1.29 is 28.2 Å². The Kier molecular flexibility index (Phi) is 8.89. The molecule has 0 bridgehead atoms. The fourth-order valence-corrected chi connectivity index (χ4v) is 6.05. The highest BCUT2D eigenvalue weighted by molar-refractivity contribution is 6.32. The van der Waals surface area contributed by atoms with Crippen LogP contribution < -0.4 is 5.32 Å². The second-order valence-electron chi connectivity index (χ2n) is 10.8. The first-order valence-corrected chi connectivity index (χ1v) is 14.2. The molecule has 2 amide bonds. The maximum Gasteiger partial charge on any atom is 0.308 e. The van der Waals surface area contributed by atoms with Crippen LogP contribution in [0.1, 0.15) is 48.2 Å². The van der Waals surface area contributed by atoms with E-state index in [4.69, 9.17) is 21.1 Å². The van der Waals surface area contributed by atoms with Gasteiger partial charge in [0, 0.05) is 30.6 Å². The number of para-hydroxylation sites is 1. The Balaban J connectivity index is 1.17. The van der Waals surface area contributed by atoms with Crippen LogP contribution in [0.3, 0.4) is 0 Å². The molecule has 1 N–H and O–H groups in total. The van der Waals surface area contributed by atoms with Gasteiger partial charge in [-0.25, -0.2) is 9.37 Å². The minimum Gasteiger partial charge on any atom is -0.469 e. The molecule has 1 aromatic carbocycles. The molecule has 41 heavy (non-hydrogen) atoms. The molecule has 0 spiro atoms. The van der Waals surface area contributed by atoms with Gasteiger partial charge in [0.2, 0.25) is 5.91 Å². The van der Waals surface area contributed by atoms with Gasteiger partial charge in [-0.3, -0.25) is 14.4 Å². The number of benzene rings is 1. The van der Waals surface area contributed by atoms with Gasteiger partial charge in [-0.15, -0.1) is 0 Å². The highest BCUT2D eigenvalue weighted by Gasteiger charge is 2.36. The molecule has 2 aliphatic rings. The van der Waals surface area contributed by atoms with Crippen molar-refractivity contribution in [2.75, 3.05) is 25.6 Å². The maximum atomic E-state index is 14.4. The minimum atomic E-state index is -1.12. The number of hydrogen-bond acceptors (Lipinski definition) is 6. The zero-order chi connectivity index (χ0) is 29.1. The van der Waals surface area contributed by atoms with Crippen molar-refractivity contribution in [2.24, 2.45) is 13.0 Å². The summed E-state index contributed by atoms with van der Waals surface area (Å²) in [6.07, 6.45) is 3.63. The lowest BCUT2D eigenvalue weighted by atomic mass is 9.87. The molecule has 1 aliphatic heterocycles. The number of nitrogens with one attached hydrogen (secondary N) is 1. The van der Waals surface area contributed by atoms with Crippen LogP contribution in [0, 0.1) is 5.92 Å². The Hall–Kier alpha value is -3.50. The van der Waals surface area contributed by atoms with Gasteiger partial charge in [0.15, 0.2) is 5.15 Å². The predicted molar refractivity (Wildman–Crippen MR) is 153 cm³/mol. The molecule has 3 heterocycles. The van der Waals surface area contributed by atoms with E-state index < -0.39 is 6.17 Å². The van der Waals surface area contributed by atoms with Crippen molar-refractivity contribution in [3.05, 3.63) is 59.0 Å². The van der Waals surface area contributed by atoms with Gasteiger partial charge in [0.1, 0.15) is 6.17 Å². The number of likely N-dealkylation sites (tertiary alicyclic amines) is 1. The maximum absolute atomic E-state index is 14.4. The normalized spacial score (nSPS) is 22.6. The Morgan fingerprint density at radius 1 is 1.12 bits per heavy atom. The van der Waals surface area contributed by atoms with E-state index in [0.29, 0.717) is 29.8 Å². The van der Waals surface area contributed by atoms with Crippen LogP contribution in [0.15, 0.2) is 42.6 Å². The lowest BCUT2D eigenvalue weighted by Crippen LogP contribution is -2.40. The number of amides is 2. The molecule has 218 valence electrons. The number of hydrogen-bond donors (Lipinski definition) is 1. The highest BCUT2D eigenvalue weighted by Crippen LogP contribution is 2.29. The third kappa shape index (κ3) is 6.54. The molecule has 9 nitrogen and oxygen atoms in total. The van der Waals surface area contributed by atoms with Crippen LogP contribution in [0.2, 0.25) is 5.15 Å². The third-order valence-corrected chi connectivity index (χ3v) is 8.33. The number of esters is 1. The fourth-order valence-electron chi connectivity index (χ4n) is 5.83. The zero-order valence-electron chi connectivity index (χ0n) is 23.1. The van der Waals surface area contributed by atoms with Crippen LogP contribution >= 0.6 is 11.6 Å². The van der Waals surface area contributed by atoms with Gasteiger partial charge in [-0.05, 0) is 43.9 Å². The van der Waals surface area contributed by atoms with Crippen LogP contribution in [0.4, 0.5) is 10.1 Å². The van der Waals surface area contributed by atoms with Crippen molar-refractivity contribution in [3.8, 4) is 0 Å². The van der Waals surface area contributed by atoms with E-state index in [2.05, 4.69) is 10.3 Å². The Morgan fingerprint density at radius 3 is 2.61 bits per heavy atom. The number of aryl methyl sites for hydroxylation is 1. The molecule has 1 aliphatic carbocycles. The molecule has 1 saturated heterocycles. The van der Waals surface area contributed by atoms with Crippen molar-refractivity contribution in [1.29, 1.82) is 0 Å². The number of alkyl halides is 1. The van der Waals surface area contributed by atoms with Gasteiger partial charge < -0.3 is 24.3 Å². The van der Waals surface area contributed by atoms with Gasteiger partial charge in [-0.1, -0.05) is 29.8 Å². The van der Waals surface area contributed by atoms with Crippen LogP contribution in [0.25, 0.3) is 10.9 Å². The number of anilines is 1. The SMILES string of the molecule is COC(=O)C1CCC(OC[C@@H]2C[C@H](F)CN2C(=O)Cc2ccc(NC(=O)c3cn(C)c4ccccc34)c(Cl)n2)CC1. The average Bonchev–Trinajstić information content (AvgIpc) is 3.52. The van der Waals surface area contributed by atoms with E-state index in [1.807, 2.05) is 35.9 Å². The van der Waals surface area contributed by atoms with Crippen molar-refractivity contribution in [1.82, 2.24) is 14.5 Å². The Bertz CT molecular complexity index is 1440. The summed E-state index contributed by atoms with van der Waals surface area (Å²) in [5, 5.41) is 3.69. The van der Waals surface area contributed by atoms with Crippen LogP contribution in [0.5, 0.6) is 0 Å². The molecule has 1 saturated carbocycles. The molecular weight excluding hydrogens is 551 g/mol. The largest absolute Gasteiger partial charge is 0.469 e. The predicted octanol–water partition coefficient (Wildman–Crippen LogP) is 4.71. The first kappa shape index (κ1) is 29.0. The summed E-state index contributed by atoms with van der Waals surface area (Å²) >= 11 is 6.39. The molecule has 0 radical (unpaired) electrons. The van der Waals surface area contributed by atoms with E-state index in [1.165, 1.54) is 12.0 Å². The van der Waals surface area contributed by atoms with Crippen molar-refractivity contribution in [2.45, 2.75) is 56.8 Å². The van der Waals surface area contributed by atoms with Crippen LogP contribution in [-0.2, 0) is 32.5 Å². The number of methoxy groups -OCH3 is 1. The van der Waals surface area contributed by atoms with Gasteiger partial charge in [-0.2, -0.15) is 0 Å². The molecule has 0 unspecified atom stereocenters. The summed E-state index contributed by atoms with van der Waals surface area (Å²) < 4.78 is 27.1. The van der Waals surface area contributed by atoms with E-state index >= 15 is 0 Å². The van der Waals surface area contributed by atoms with Crippen molar-refractivity contribution >= 4 is 46.0 Å². The summed E-state index contributed by atoms with van der Waals surface area (Å²) in [7, 11) is 3.27. The van der Waals surface area contributed by atoms with Gasteiger partial charge in [0.25, 0.3) is 5.91 Å². The minimum absolute atomic E-state index is 0.00878. The van der Waals surface area contributed by atoms with E-state index in [9.17, 15) is 18.8 Å². The molecule has 3 aromatic rings. The summed E-state index contributed by atoms with van der Waals surface area (Å²) in [5.74, 6) is -0.867. The number of halogens is 2. The van der Waals surface area contributed by atoms with Crippen LogP contribution in [-0.4, -0.2) is 70.8 Å².